The molecule has 144 valence electrons. The minimum absolute atomic E-state index is 0.0698. The molecule has 4 nitrogen and oxygen atoms in total. The summed E-state index contributed by atoms with van der Waals surface area (Å²) in [4.78, 5) is 2.28. The van der Waals surface area contributed by atoms with E-state index in [0.717, 1.165) is 29.6 Å². The van der Waals surface area contributed by atoms with Crippen molar-refractivity contribution in [3.8, 4) is 5.75 Å². The molecule has 0 aliphatic carbocycles. The van der Waals surface area contributed by atoms with Crippen LogP contribution in [0.15, 0.2) is 60.8 Å². The van der Waals surface area contributed by atoms with Crippen LogP contribution >= 0.6 is 12.2 Å². The lowest BCUT2D eigenvalue weighted by Gasteiger charge is -2.39. The molecular weight excluding hydrogens is 366 g/mol. The number of methoxy groups -OCH3 is 1. The number of rotatable bonds is 3. The lowest BCUT2D eigenvalue weighted by atomic mass is 10.00. The van der Waals surface area contributed by atoms with Gasteiger partial charge < -0.3 is 19.5 Å². The predicted molar refractivity (Wildman–Crippen MR) is 118 cm³/mol. The van der Waals surface area contributed by atoms with Crippen molar-refractivity contribution in [1.29, 1.82) is 0 Å². The van der Waals surface area contributed by atoms with Crippen LogP contribution in [0.2, 0.25) is 0 Å². The van der Waals surface area contributed by atoms with Gasteiger partial charge in [0.1, 0.15) is 5.75 Å². The van der Waals surface area contributed by atoms with Gasteiger partial charge in [0.05, 0.1) is 13.2 Å². The maximum atomic E-state index is 5.86. The standard InChI is InChI=1S/C23H25N3OS/c1-16-6-11-20(17(2)15-16)24-23(28)26-14-13-25-12-4-5-21(25)22(26)18-7-9-19(27-3)10-8-18/h4-12,15,22H,13-14H2,1-3H3,(H,24,28). The van der Waals surface area contributed by atoms with Gasteiger partial charge in [-0.1, -0.05) is 29.8 Å². The molecule has 0 fully saturated rings. The van der Waals surface area contributed by atoms with Crippen molar-refractivity contribution in [3.05, 3.63) is 83.2 Å². The molecule has 2 aromatic carbocycles. The van der Waals surface area contributed by atoms with Gasteiger partial charge in [-0.3, -0.25) is 0 Å². The van der Waals surface area contributed by atoms with Gasteiger partial charge in [-0.25, -0.2) is 0 Å². The Morgan fingerprint density at radius 2 is 1.86 bits per heavy atom. The summed E-state index contributed by atoms with van der Waals surface area (Å²) in [6.07, 6.45) is 2.14. The predicted octanol–water partition coefficient (Wildman–Crippen LogP) is 4.92. The molecular formula is C23H25N3OS. The van der Waals surface area contributed by atoms with Gasteiger partial charge >= 0.3 is 0 Å². The molecule has 0 amide bonds. The van der Waals surface area contributed by atoms with Crippen LogP contribution in [0.1, 0.15) is 28.4 Å². The summed E-state index contributed by atoms with van der Waals surface area (Å²) in [5.41, 5.74) is 5.96. The van der Waals surface area contributed by atoms with Crippen LogP contribution in [0.5, 0.6) is 5.75 Å². The molecule has 3 aromatic rings. The zero-order valence-corrected chi connectivity index (χ0v) is 17.3. The molecule has 0 saturated heterocycles. The van der Waals surface area contributed by atoms with E-state index in [4.69, 9.17) is 17.0 Å². The lowest BCUT2D eigenvalue weighted by Crippen LogP contribution is -2.44. The smallest absolute Gasteiger partial charge is 0.174 e. The maximum Gasteiger partial charge on any atom is 0.174 e. The fourth-order valence-corrected chi connectivity index (χ4v) is 4.19. The Morgan fingerprint density at radius 3 is 2.57 bits per heavy atom. The van der Waals surface area contributed by atoms with Crippen LogP contribution < -0.4 is 10.1 Å². The van der Waals surface area contributed by atoms with Crippen LogP contribution in [0.3, 0.4) is 0 Å². The van der Waals surface area contributed by atoms with E-state index in [1.165, 1.54) is 22.4 Å². The Morgan fingerprint density at radius 1 is 1.07 bits per heavy atom. The molecule has 4 rings (SSSR count). The van der Waals surface area contributed by atoms with E-state index in [2.05, 4.69) is 77.3 Å². The van der Waals surface area contributed by atoms with Gasteiger partial charge in [0.15, 0.2) is 5.11 Å². The summed E-state index contributed by atoms with van der Waals surface area (Å²) < 4.78 is 7.64. The number of anilines is 1. The molecule has 0 radical (unpaired) electrons. The third-order valence-electron chi connectivity index (χ3n) is 5.35. The number of aryl methyl sites for hydroxylation is 2. The van der Waals surface area contributed by atoms with Crippen molar-refractivity contribution < 1.29 is 4.74 Å². The fraction of sp³-hybridized carbons (Fsp3) is 0.261. The first kappa shape index (κ1) is 18.6. The second-order valence-electron chi connectivity index (χ2n) is 7.24. The summed E-state index contributed by atoms with van der Waals surface area (Å²) in [5, 5.41) is 4.23. The number of benzene rings is 2. The molecule has 0 spiro atoms. The highest BCUT2D eigenvalue weighted by atomic mass is 32.1. The number of hydrogen-bond donors (Lipinski definition) is 1. The molecule has 1 N–H and O–H groups in total. The van der Waals surface area contributed by atoms with Crippen LogP contribution in [-0.4, -0.2) is 28.2 Å². The molecule has 1 atom stereocenters. The number of aromatic nitrogens is 1. The summed E-state index contributed by atoms with van der Waals surface area (Å²) in [7, 11) is 1.69. The van der Waals surface area contributed by atoms with Crippen LogP contribution in [0.4, 0.5) is 5.69 Å². The summed E-state index contributed by atoms with van der Waals surface area (Å²) in [6.45, 7) is 5.99. The van der Waals surface area contributed by atoms with Gasteiger partial charge in [0.25, 0.3) is 0 Å². The van der Waals surface area contributed by atoms with Gasteiger partial charge in [0.2, 0.25) is 0 Å². The van der Waals surface area contributed by atoms with Crippen molar-refractivity contribution in [1.82, 2.24) is 9.47 Å². The Labute approximate surface area is 171 Å². The number of hydrogen-bond acceptors (Lipinski definition) is 2. The highest BCUT2D eigenvalue weighted by Crippen LogP contribution is 2.34. The monoisotopic (exact) mass is 391 g/mol. The van der Waals surface area contributed by atoms with Crippen LogP contribution in [0.25, 0.3) is 0 Å². The maximum absolute atomic E-state index is 5.86. The molecule has 28 heavy (non-hydrogen) atoms. The minimum atomic E-state index is 0.0698. The first-order chi connectivity index (χ1) is 13.6. The molecule has 2 heterocycles. The molecule has 0 bridgehead atoms. The average molecular weight is 392 g/mol. The largest absolute Gasteiger partial charge is 0.497 e. The van der Waals surface area contributed by atoms with Gasteiger partial charge in [-0.05, 0) is 67.5 Å². The third-order valence-corrected chi connectivity index (χ3v) is 5.69. The number of nitrogens with zero attached hydrogens (tertiary/aromatic N) is 2. The van der Waals surface area contributed by atoms with E-state index in [9.17, 15) is 0 Å². The summed E-state index contributed by atoms with van der Waals surface area (Å²) in [5.74, 6) is 0.859. The van der Waals surface area contributed by atoms with Crippen molar-refractivity contribution in [2.24, 2.45) is 0 Å². The number of fused-ring (bicyclic) bond motifs is 1. The minimum Gasteiger partial charge on any atom is -0.497 e. The zero-order chi connectivity index (χ0) is 19.7. The second-order valence-corrected chi connectivity index (χ2v) is 7.63. The Balaban J connectivity index is 1.66. The Bertz CT molecular complexity index is 993. The molecule has 1 aliphatic rings. The van der Waals surface area contributed by atoms with E-state index in [0.29, 0.717) is 0 Å². The highest BCUT2D eigenvalue weighted by molar-refractivity contribution is 7.80. The van der Waals surface area contributed by atoms with Crippen molar-refractivity contribution in [3.63, 3.8) is 0 Å². The number of thiocarbonyl (C=S) groups is 1. The van der Waals surface area contributed by atoms with E-state index >= 15 is 0 Å². The normalized spacial score (nSPS) is 15.8. The summed E-state index contributed by atoms with van der Waals surface area (Å²) >= 11 is 5.86. The average Bonchev–Trinajstić information content (AvgIpc) is 3.18. The molecule has 1 aromatic heterocycles. The van der Waals surface area contributed by atoms with Crippen molar-refractivity contribution in [2.45, 2.75) is 26.4 Å². The Hall–Kier alpha value is -2.79. The van der Waals surface area contributed by atoms with Crippen molar-refractivity contribution in [2.75, 3.05) is 19.0 Å². The lowest BCUT2D eigenvalue weighted by molar-refractivity contribution is 0.293. The van der Waals surface area contributed by atoms with Gasteiger partial charge in [0, 0.05) is 30.7 Å². The van der Waals surface area contributed by atoms with Gasteiger partial charge in [-0.2, -0.15) is 0 Å². The highest BCUT2D eigenvalue weighted by Gasteiger charge is 2.30. The number of ether oxygens (including phenoxy) is 1. The molecule has 0 saturated carbocycles. The summed E-state index contributed by atoms with van der Waals surface area (Å²) in [6, 6.07) is 19.0. The third kappa shape index (κ3) is 3.50. The quantitative estimate of drug-likeness (QED) is 0.642. The fourth-order valence-electron chi connectivity index (χ4n) is 3.88. The second kappa shape index (κ2) is 7.68. The van der Waals surface area contributed by atoms with Crippen molar-refractivity contribution >= 4 is 23.0 Å². The van der Waals surface area contributed by atoms with Crippen LogP contribution in [0, 0.1) is 13.8 Å². The molecule has 5 heteroatoms. The number of nitrogens with one attached hydrogen (secondary N) is 1. The molecule has 1 aliphatic heterocycles. The first-order valence-electron chi connectivity index (χ1n) is 9.50. The van der Waals surface area contributed by atoms with E-state index < -0.39 is 0 Å². The topological polar surface area (TPSA) is 29.4 Å². The van der Waals surface area contributed by atoms with E-state index in [1.54, 1.807) is 7.11 Å². The van der Waals surface area contributed by atoms with Gasteiger partial charge in [-0.15, -0.1) is 0 Å². The Kier molecular flexibility index (Phi) is 5.09. The van der Waals surface area contributed by atoms with E-state index in [-0.39, 0.29) is 6.04 Å². The van der Waals surface area contributed by atoms with Crippen LogP contribution in [-0.2, 0) is 6.54 Å². The molecule has 1 unspecified atom stereocenters. The zero-order valence-electron chi connectivity index (χ0n) is 16.5. The first-order valence-corrected chi connectivity index (χ1v) is 9.91. The van der Waals surface area contributed by atoms with E-state index in [1.807, 2.05) is 12.1 Å². The SMILES string of the molecule is COc1ccc(C2c3cccn3CCN2C(=S)Nc2ccc(C)cc2C)cc1.